The smallest absolute Gasteiger partial charge is 0.336 e. The molecule has 0 unspecified atom stereocenters. The molecule has 0 atom stereocenters. The Morgan fingerprint density at radius 3 is 2.50 bits per heavy atom. The quantitative estimate of drug-likeness (QED) is 0.634. The van der Waals surface area contributed by atoms with Crippen molar-refractivity contribution in [3.8, 4) is 11.5 Å². The van der Waals surface area contributed by atoms with Gasteiger partial charge >= 0.3 is 5.97 Å². The molecular weight excluding hydrogens is 304 g/mol. The first-order valence-electron chi connectivity index (χ1n) is 7.79. The van der Waals surface area contributed by atoms with Crippen molar-refractivity contribution >= 4 is 17.6 Å². The molecule has 0 radical (unpaired) electrons. The number of carbonyl (C=O) groups is 1. The fraction of sp³-hybridized carbons (Fsp3) is 0.250. The lowest BCUT2D eigenvalue weighted by atomic mass is 9.96. The van der Waals surface area contributed by atoms with Gasteiger partial charge in [0.25, 0.3) is 0 Å². The summed E-state index contributed by atoms with van der Waals surface area (Å²) >= 11 is 0. The molecule has 126 valence electrons. The highest BCUT2D eigenvalue weighted by Gasteiger charge is 2.14. The van der Waals surface area contributed by atoms with Crippen LogP contribution in [0.25, 0.3) is 11.6 Å². The zero-order valence-corrected chi connectivity index (χ0v) is 14.4. The summed E-state index contributed by atoms with van der Waals surface area (Å²) in [5.74, 6) is 0.259. The second-order valence-electron chi connectivity index (χ2n) is 5.52. The minimum absolute atomic E-state index is 0.254. The number of hydrogen-bond acceptors (Lipinski definition) is 3. The third-order valence-electron chi connectivity index (χ3n) is 3.71. The zero-order chi connectivity index (χ0) is 17.7. The van der Waals surface area contributed by atoms with E-state index in [-0.39, 0.29) is 5.57 Å². The Kier molecular flexibility index (Phi) is 5.64. The summed E-state index contributed by atoms with van der Waals surface area (Å²) in [5, 5.41) is 9.65. The number of carboxylic acid groups (broad SMARTS) is 1. The maximum Gasteiger partial charge on any atom is 0.336 e. The number of aryl methyl sites for hydroxylation is 2. The second kappa shape index (κ2) is 7.68. The summed E-state index contributed by atoms with van der Waals surface area (Å²) in [6.45, 7) is 6.25. The Morgan fingerprint density at radius 1 is 1.12 bits per heavy atom. The van der Waals surface area contributed by atoms with Crippen LogP contribution in [0.4, 0.5) is 0 Å². The van der Waals surface area contributed by atoms with E-state index >= 15 is 0 Å². The maximum atomic E-state index is 11.8. The molecule has 2 rings (SSSR count). The molecule has 0 saturated carbocycles. The molecule has 0 aromatic heterocycles. The van der Waals surface area contributed by atoms with E-state index in [0.29, 0.717) is 18.1 Å². The van der Waals surface area contributed by atoms with Crippen LogP contribution >= 0.6 is 0 Å². The Balaban J connectivity index is 2.54. The van der Waals surface area contributed by atoms with Crippen LogP contribution in [-0.4, -0.2) is 24.8 Å². The van der Waals surface area contributed by atoms with E-state index in [9.17, 15) is 9.90 Å². The van der Waals surface area contributed by atoms with Gasteiger partial charge in [-0.3, -0.25) is 0 Å². The molecule has 0 heterocycles. The summed E-state index contributed by atoms with van der Waals surface area (Å²) in [6.07, 6.45) is 1.66. The van der Waals surface area contributed by atoms with Crippen molar-refractivity contribution < 1.29 is 19.4 Å². The van der Waals surface area contributed by atoms with E-state index in [1.54, 1.807) is 25.3 Å². The van der Waals surface area contributed by atoms with E-state index in [1.807, 2.05) is 45.0 Å². The van der Waals surface area contributed by atoms with Crippen LogP contribution in [0, 0.1) is 13.8 Å². The number of ether oxygens (including phenoxy) is 2. The number of hydrogen-bond donors (Lipinski definition) is 1. The molecule has 4 nitrogen and oxygen atoms in total. The average Bonchev–Trinajstić information content (AvgIpc) is 2.55. The number of benzene rings is 2. The molecular formula is C20H22O4. The van der Waals surface area contributed by atoms with E-state index in [1.165, 1.54) is 0 Å². The third-order valence-corrected chi connectivity index (χ3v) is 3.71. The summed E-state index contributed by atoms with van der Waals surface area (Å²) < 4.78 is 10.8. The fourth-order valence-corrected chi connectivity index (χ4v) is 2.50. The van der Waals surface area contributed by atoms with Crippen molar-refractivity contribution in [1.82, 2.24) is 0 Å². The van der Waals surface area contributed by atoms with Gasteiger partial charge in [-0.2, -0.15) is 0 Å². The standard InChI is InChI=1S/C20H22O4/c1-5-24-19-12-15(8-9-18(19)23-4)11-17(20(21)22)16-10-13(2)6-7-14(16)3/h6-12H,5H2,1-4H3,(H,21,22)/b17-11-. The highest BCUT2D eigenvalue weighted by molar-refractivity contribution is 6.21. The average molecular weight is 326 g/mol. The van der Waals surface area contributed by atoms with Crippen LogP contribution in [0.5, 0.6) is 11.5 Å². The summed E-state index contributed by atoms with van der Waals surface area (Å²) in [7, 11) is 1.58. The SMILES string of the molecule is CCOc1cc(/C=C(\C(=O)O)c2cc(C)ccc2C)ccc1OC. The predicted octanol–water partition coefficient (Wildman–Crippen LogP) is 4.34. The lowest BCUT2D eigenvalue weighted by Gasteiger charge is -2.11. The molecule has 1 N–H and O–H groups in total. The highest BCUT2D eigenvalue weighted by atomic mass is 16.5. The van der Waals surface area contributed by atoms with Gasteiger partial charge in [-0.15, -0.1) is 0 Å². The van der Waals surface area contributed by atoms with E-state index in [4.69, 9.17) is 9.47 Å². The van der Waals surface area contributed by atoms with Crippen molar-refractivity contribution in [1.29, 1.82) is 0 Å². The molecule has 2 aromatic carbocycles. The summed E-state index contributed by atoms with van der Waals surface area (Å²) in [4.78, 5) is 11.8. The number of rotatable bonds is 6. The third kappa shape index (κ3) is 3.96. The zero-order valence-electron chi connectivity index (χ0n) is 14.4. The van der Waals surface area contributed by atoms with Gasteiger partial charge in [0.2, 0.25) is 0 Å². The number of carboxylic acids is 1. The van der Waals surface area contributed by atoms with Gasteiger partial charge in [0.15, 0.2) is 11.5 Å². The Bertz CT molecular complexity index is 775. The molecule has 0 aliphatic heterocycles. The Labute approximate surface area is 142 Å². The first kappa shape index (κ1) is 17.6. The lowest BCUT2D eigenvalue weighted by molar-refractivity contribution is -0.130. The van der Waals surface area contributed by atoms with Gasteiger partial charge in [0.05, 0.1) is 19.3 Å². The minimum atomic E-state index is -0.961. The van der Waals surface area contributed by atoms with Crippen LogP contribution < -0.4 is 9.47 Å². The molecule has 24 heavy (non-hydrogen) atoms. The van der Waals surface area contributed by atoms with Crippen molar-refractivity contribution in [2.75, 3.05) is 13.7 Å². The molecule has 0 aliphatic rings. The van der Waals surface area contributed by atoms with Crippen LogP contribution in [0.3, 0.4) is 0 Å². The summed E-state index contributed by atoms with van der Waals surface area (Å²) in [6, 6.07) is 11.2. The molecule has 0 amide bonds. The largest absolute Gasteiger partial charge is 0.493 e. The first-order chi connectivity index (χ1) is 11.5. The van der Waals surface area contributed by atoms with Crippen molar-refractivity contribution in [2.24, 2.45) is 0 Å². The van der Waals surface area contributed by atoms with Gasteiger partial charge in [-0.05, 0) is 55.7 Å². The predicted molar refractivity (Wildman–Crippen MR) is 95.6 cm³/mol. The topological polar surface area (TPSA) is 55.8 Å². The van der Waals surface area contributed by atoms with Crippen LogP contribution in [0.1, 0.15) is 29.2 Å². The van der Waals surface area contributed by atoms with E-state index in [0.717, 1.165) is 22.3 Å². The second-order valence-corrected chi connectivity index (χ2v) is 5.52. The molecule has 0 saturated heterocycles. The van der Waals surface area contributed by atoms with Gasteiger partial charge < -0.3 is 14.6 Å². The van der Waals surface area contributed by atoms with Crippen molar-refractivity contribution in [2.45, 2.75) is 20.8 Å². The molecule has 0 bridgehead atoms. The first-order valence-corrected chi connectivity index (χ1v) is 7.79. The van der Waals surface area contributed by atoms with Crippen molar-refractivity contribution in [3.05, 3.63) is 58.7 Å². The van der Waals surface area contributed by atoms with Gasteiger partial charge in [-0.1, -0.05) is 29.8 Å². The Morgan fingerprint density at radius 2 is 1.88 bits per heavy atom. The van der Waals surface area contributed by atoms with E-state index < -0.39 is 5.97 Å². The normalized spacial score (nSPS) is 11.2. The van der Waals surface area contributed by atoms with Gasteiger partial charge in [0, 0.05) is 0 Å². The summed E-state index contributed by atoms with van der Waals surface area (Å²) in [5.41, 5.74) is 3.66. The molecule has 4 heteroatoms. The Hall–Kier alpha value is -2.75. The number of methoxy groups -OCH3 is 1. The van der Waals surface area contributed by atoms with E-state index in [2.05, 4.69) is 0 Å². The maximum absolute atomic E-state index is 11.8. The van der Waals surface area contributed by atoms with Gasteiger partial charge in [0.1, 0.15) is 0 Å². The molecule has 2 aromatic rings. The van der Waals surface area contributed by atoms with Crippen LogP contribution in [0.2, 0.25) is 0 Å². The van der Waals surface area contributed by atoms with Gasteiger partial charge in [-0.25, -0.2) is 4.79 Å². The minimum Gasteiger partial charge on any atom is -0.493 e. The molecule has 0 spiro atoms. The molecule has 0 fully saturated rings. The number of aliphatic carboxylic acids is 1. The fourth-order valence-electron chi connectivity index (χ4n) is 2.50. The monoisotopic (exact) mass is 326 g/mol. The highest BCUT2D eigenvalue weighted by Crippen LogP contribution is 2.30. The van der Waals surface area contributed by atoms with Crippen molar-refractivity contribution in [3.63, 3.8) is 0 Å². The van der Waals surface area contributed by atoms with Crippen LogP contribution in [-0.2, 0) is 4.79 Å². The molecule has 0 aliphatic carbocycles. The van der Waals surface area contributed by atoms with Crippen LogP contribution in [0.15, 0.2) is 36.4 Å². The lowest BCUT2D eigenvalue weighted by Crippen LogP contribution is -2.02.